The number of rotatable bonds is 9. The zero-order valence-electron chi connectivity index (χ0n) is 12.3. The van der Waals surface area contributed by atoms with Crippen molar-refractivity contribution in [2.24, 2.45) is 0 Å². The Balaban J connectivity index is 3.40. The van der Waals surface area contributed by atoms with E-state index < -0.39 is 0 Å². The summed E-state index contributed by atoms with van der Waals surface area (Å²) in [5, 5.41) is 0. The van der Waals surface area contributed by atoms with Gasteiger partial charge in [0.2, 0.25) is 0 Å². The summed E-state index contributed by atoms with van der Waals surface area (Å²) in [6.07, 6.45) is 10.6. The number of hydrogen-bond acceptors (Lipinski definition) is 2. The van der Waals surface area contributed by atoms with Crippen LogP contribution in [0.5, 0.6) is 0 Å². The average molecular weight is 252 g/mol. The SMILES string of the molecule is CCCCCCCCCC#CC(=O)O[C@@H](C)CC. The Morgan fingerprint density at radius 1 is 1.06 bits per heavy atom. The van der Waals surface area contributed by atoms with Gasteiger partial charge in [0.15, 0.2) is 0 Å². The minimum absolute atomic E-state index is 0.0228. The lowest BCUT2D eigenvalue weighted by Crippen LogP contribution is -2.11. The standard InChI is InChI=1S/C16H28O2/c1-4-6-7-8-9-10-11-12-13-14-16(17)18-15(3)5-2/h15H,4-12H2,1-3H3/t15-/m0/s1. The fourth-order valence-corrected chi connectivity index (χ4v) is 1.60. The minimum atomic E-state index is -0.382. The molecule has 104 valence electrons. The summed E-state index contributed by atoms with van der Waals surface area (Å²) in [5.41, 5.74) is 0. The Labute approximate surface area is 112 Å². The third-order valence-corrected chi connectivity index (χ3v) is 2.98. The van der Waals surface area contributed by atoms with Crippen molar-refractivity contribution >= 4 is 5.97 Å². The molecule has 0 aliphatic heterocycles. The Morgan fingerprint density at radius 3 is 2.28 bits per heavy atom. The van der Waals surface area contributed by atoms with Gasteiger partial charge in [-0.25, -0.2) is 4.79 Å². The van der Waals surface area contributed by atoms with E-state index in [4.69, 9.17) is 4.74 Å². The van der Waals surface area contributed by atoms with Gasteiger partial charge < -0.3 is 4.74 Å². The van der Waals surface area contributed by atoms with Crippen LogP contribution < -0.4 is 0 Å². The Kier molecular flexibility index (Phi) is 11.8. The van der Waals surface area contributed by atoms with Gasteiger partial charge in [-0.2, -0.15) is 0 Å². The van der Waals surface area contributed by atoms with E-state index in [2.05, 4.69) is 18.8 Å². The second kappa shape index (κ2) is 12.5. The van der Waals surface area contributed by atoms with Gasteiger partial charge >= 0.3 is 5.97 Å². The van der Waals surface area contributed by atoms with Crippen LogP contribution in [0.1, 0.15) is 78.6 Å². The molecule has 2 nitrogen and oxygen atoms in total. The highest BCUT2D eigenvalue weighted by Crippen LogP contribution is 2.07. The molecule has 0 bridgehead atoms. The minimum Gasteiger partial charge on any atom is -0.453 e. The van der Waals surface area contributed by atoms with E-state index in [0.29, 0.717) is 0 Å². The van der Waals surface area contributed by atoms with Crippen molar-refractivity contribution in [2.75, 3.05) is 0 Å². The molecule has 0 aromatic heterocycles. The molecule has 0 aromatic rings. The van der Waals surface area contributed by atoms with E-state index in [-0.39, 0.29) is 12.1 Å². The first kappa shape index (κ1) is 17.0. The van der Waals surface area contributed by atoms with Crippen molar-refractivity contribution in [1.82, 2.24) is 0 Å². The van der Waals surface area contributed by atoms with Crippen LogP contribution >= 0.6 is 0 Å². The molecule has 0 saturated carbocycles. The van der Waals surface area contributed by atoms with Gasteiger partial charge in [-0.1, -0.05) is 58.3 Å². The smallest absolute Gasteiger partial charge is 0.384 e. The maximum atomic E-state index is 11.2. The fourth-order valence-electron chi connectivity index (χ4n) is 1.60. The highest BCUT2D eigenvalue weighted by atomic mass is 16.5. The highest BCUT2D eigenvalue weighted by molar-refractivity contribution is 5.88. The van der Waals surface area contributed by atoms with Gasteiger partial charge in [0.05, 0.1) is 6.10 Å². The molecule has 0 radical (unpaired) electrons. The molecule has 2 heteroatoms. The summed E-state index contributed by atoms with van der Waals surface area (Å²) in [6.45, 7) is 6.11. The molecule has 0 unspecified atom stereocenters. The number of carbonyl (C=O) groups excluding carboxylic acids is 1. The van der Waals surface area contributed by atoms with Crippen molar-refractivity contribution in [3.05, 3.63) is 0 Å². The maximum absolute atomic E-state index is 11.2. The Bertz CT molecular complexity index is 260. The summed E-state index contributed by atoms with van der Waals surface area (Å²) in [5.74, 6) is 5.06. The molecular weight excluding hydrogens is 224 g/mol. The van der Waals surface area contributed by atoms with E-state index in [1.165, 1.54) is 38.5 Å². The first-order valence-corrected chi connectivity index (χ1v) is 7.40. The van der Waals surface area contributed by atoms with Gasteiger partial charge in [-0.3, -0.25) is 0 Å². The third-order valence-electron chi connectivity index (χ3n) is 2.98. The van der Waals surface area contributed by atoms with E-state index in [9.17, 15) is 4.79 Å². The van der Waals surface area contributed by atoms with Crippen molar-refractivity contribution in [3.63, 3.8) is 0 Å². The molecule has 0 amide bonds. The largest absolute Gasteiger partial charge is 0.453 e. The quantitative estimate of drug-likeness (QED) is 0.262. The van der Waals surface area contributed by atoms with Gasteiger partial charge in [0.25, 0.3) is 0 Å². The molecule has 1 atom stereocenters. The van der Waals surface area contributed by atoms with Gasteiger partial charge in [-0.15, -0.1) is 0 Å². The normalized spacial score (nSPS) is 11.5. The third kappa shape index (κ3) is 11.5. The predicted octanol–water partition coefficient (Wildman–Crippen LogP) is 4.47. The lowest BCUT2D eigenvalue weighted by Gasteiger charge is -2.06. The number of carbonyl (C=O) groups is 1. The Hall–Kier alpha value is -0.970. The van der Waals surface area contributed by atoms with Crippen molar-refractivity contribution in [1.29, 1.82) is 0 Å². The van der Waals surface area contributed by atoms with Gasteiger partial charge in [0, 0.05) is 12.3 Å². The molecule has 0 aliphatic rings. The Morgan fingerprint density at radius 2 is 1.67 bits per heavy atom. The molecule has 0 rings (SSSR count). The van der Waals surface area contributed by atoms with E-state index >= 15 is 0 Å². The fraction of sp³-hybridized carbons (Fsp3) is 0.812. The first-order valence-electron chi connectivity index (χ1n) is 7.40. The highest BCUT2D eigenvalue weighted by Gasteiger charge is 2.02. The van der Waals surface area contributed by atoms with Crippen LogP contribution in [0.3, 0.4) is 0 Å². The maximum Gasteiger partial charge on any atom is 0.384 e. The number of ether oxygens (including phenoxy) is 1. The molecular formula is C16H28O2. The van der Waals surface area contributed by atoms with Crippen molar-refractivity contribution in [3.8, 4) is 11.8 Å². The van der Waals surface area contributed by atoms with Crippen LogP contribution in [0, 0.1) is 11.8 Å². The summed E-state index contributed by atoms with van der Waals surface area (Å²) < 4.78 is 5.06. The van der Waals surface area contributed by atoms with Gasteiger partial charge in [-0.05, 0) is 19.8 Å². The first-order chi connectivity index (χ1) is 8.70. The van der Waals surface area contributed by atoms with Crippen LogP contribution in [0.2, 0.25) is 0 Å². The predicted molar refractivity (Wildman–Crippen MR) is 76.2 cm³/mol. The summed E-state index contributed by atoms with van der Waals surface area (Å²) in [7, 11) is 0. The van der Waals surface area contributed by atoms with Crippen LogP contribution in [0.15, 0.2) is 0 Å². The zero-order chi connectivity index (χ0) is 13.6. The lowest BCUT2D eigenvalue weighted by molar-refractivity contribution is -0.141. The number of unbranched alkanes of at least 4 members (excludes halogenated alkanes) is 7. The summed E-state index contributed by atoms with van der Waals surface area (Å²) in [4.78, 5) is 11.2. The summed E-state index contributed by atoms with van der Waals surface area (Å²) in [6, 6.07) is 0. The van der Waals surface area contributed by atoms with Crippen LogP contribution in [0.25, 0.3) is 0 Å². The topological polar surface area (TPSA) is 26.3 Å². The summed E-state index contributed by atoms with van der Waals surface area (Å²) >= 11 is 0. The number of esters is 1. The molecule has 18 heavy (non-hydrogen) atoms. The molecule has 0 saturated heterocycles. The lowest BCUT2D eigenvalue weighted by atomic mass is 10.1. The molecule has 0 aromatic carbocycles. The second-order valence-electron chi connectivity index (χ2n) is 4.80. The van der Waals surface area contributed by atoms with E-state index in [1.54, 1.807) is 0 Å². The molecule has 0 fully saturated rings. The second-order valence-corrected chi connectivity index (χ2v) is 4.80. The van der Waals surface area contributed by atoms with Crippen LogP contribution in [0.4, 0.5) is 0 Å². The zero-order valence-corrected chi connectivity index (χ0v) is 12.3. The monoisotopic (exact) mass is 252 g/mol. The number of hydrogen-bond donors (Lipinski definition) is 0. The molecule has 0 spiro atoms. The van der Waals surface area contributed by atoms with E-state index in [0.717, 1.165) is 19.3 Å². The van der Waals surface area contributed by atoms with E-state index in [1.807, 2.05) is 13.8 Å². The van der Waals surface area contributed by atoms with Crippen LogP contribution in [-0.2, 0) is 9.53 Å². The average Bonchev–Trinajstić information content (AvgIpc) is 2.36. The molecule has 0 N–H and O–H groups in total. The van der Waals surface area contributed by atoms with Crippen LogP contribution in [-0.4, -0.2) is 12.1 Å². The van der Waals surface area contributed by atoms with Gasteiger partial charge in [0.1, 0.15) is 0 Å². The molecule has 0 heterocycles. The molecule has 0 aliphatic carbocycles. The van der Waals surface area contributed by atoms with Crippen molar-refractivity contribution in [2.45, 2.75) is 84.7 Å². The van der Waals surface area contributed by atoms with Crippen molar-refractivity contribution < 1.29 is 9.53 Å².